The highest BCUT2D eigenvalue weighted by Gasteiger charge is 2.18. The Morgan fingerprint density at radius 3 is 2.54 bits per heavy atom. The van der Waals surface area contributed by atoms with Gasteiger partial charge in [-0.05, 0) is 54.1 Å². The van der Waals surface area contributed by atoms with Crippen LogP contribution in [0.3, 0.4) is 0 Å². The second-order valence-corrected chi connectivity index (χ2v) is 7.89. The number of nitrogens with zero attached hydrogens (tertiary/aromatic N) is 1. The van der Waals surface area contributed by atoms with Crippen LogP contribution >= 0.6 is 23.2 Å². The van der Waals surface area contributed by atoms with E-state index in [9.17, 15) is 8.42 Å². The van der Waals surface area contributed by atoms with Crippen LogP contribution in [0.25, 0.3) is 12.2 Å². The molecule has 2 aromatic carbocycles. The minimum atomic E-state index is -3.85. The second kappa shape index (κ2) is 7.91. The summed E-state index contributed by atoms with van der Waals surface area (Å²) in [5.41, 5.74) is 2.06. The first-order chi connectivity index (χ1) is 12.4. The van der Waals surface area contributed by atoms with Crippen molar-refractivity contribution in [1.82, 2.24) is 4.98 Å². The molecule has 0 aliphatic heterocycles. The van der Waals surface area contributed by atoms with Gasteiger partial charge in [-0.25, -0.2) is 8.42 Å². The number of nitrogens with one attached hydrogen (secondary N) is 1. The van der Waals surface area contributed by atoms with Gasteiger partial charge in [-0.3, -0.25) is 9.71 Å². The van der Waals surface area contributed by atoms with E-state index in [1.807, 2.05) is 36.4 Å². The molecule has 0 amide bonds. The maximum absolute atomic E-state index is 12.6. The van der Waals surface area contributed by atoms with Crippen LogP contribution in [-0.4, -0.2) is 13.4 Å². The van der Waals surface area contributed by atoms with Crippen molar-refractivity contribution in [3.63, 3.8) is 0 Å². The lowest BCUT2D eigenvalue weighted by Crippen LogP contribution is -2.13. The summed E-state index contributed by atoms with van der Waals surface area (Å²) < 4.78 is 27.7. The number of halogens is 2. The van der Waals surface area contributed by atoms with Crippen LogP contribution in [0.15, 0.2) is 71.8 Å². The zero-order chi connectivity index (χ0) is 18.6. The highest BCUT2D eigenvalue weighted by Crippen LogP contribution is 2.27. The van der Waals surface area contributed by atoms with Gasteiger partial charge in [0.1, 0.15) is 4.90 Å². The first kappa shape index (κ1) is 18.5. The van der Waals surface area contributed by atoms with Gasteiger partial charge in [0.2, 0.25) is 0 Å². The summed E-state index contributed by atoms with van der Waals surface area (Å²) in [6.45, 7) is 0. The van der Waals surface area contributed by atoms with Crippen molar-refractivity contribution in [2.75, 3.05) is 4.72 Å². The van der Waals surface area contributed by atoms with E-state index < -0.39 is 10.0 Å². The lowest BCUT2D eigenvalue weighted by atomic mass is 10.2. The molecule has 0 radical (unpaired) electrons. The van der Waals surface area contributed by atoms with Crippen molar-refractivity contribution in [3.05, 3.63) is 88.2 Å². The van der Waals surface area contributed by atoms with Crippen LogP contribution in [-0.2, 0) is 10.0 Å². The average Bonchev–Trinajstić information content (AvgIpc) is 2.63. The van der Waals surface area contributed by atoms with Crippen LogP contribution in [0.4, 0.5) is 5.69 Å². The number of aromatic nitrogens is 1. The number of rotatable bonds is 5. The molecular formula is C19H14Cl2N2O2S. The third-order valence-corrected chi connectivity index (χ3v) is 5.55. The van der Waals surface area contributed by atoms with Crippen LogP contribution in [0.2, 0.25) is 10.0 Å². The average molecular weight is 405 g/mol. The Morgan fingerprint density at radius 1 is 0.923 bits per heavy atom. The van der Waals surface area contributed by atoms with Gasteiger partial charge in [0.05, 0.1) is 10.7 Å². The zero-order valence-corrected chi connectivity index (χ0v) is 15.8. The number of sulfonamides is 1. The van der Waals surface area contributed by atoms with Crippen molar-refractivity contribution < 1.29 is 8.42 Å². The fourth-order valence-corrected chi connectivity index (χ4v) is 4.07. The van der Waals surface area contributed by atoms with Gasteiger partial charge < -0.3 is 0 Å². The van der Waals surface area contributed by atoms with E-state index in [0.29, 0.717) is 10.7 Å². The Balaban J connectivity index is 1.84. The summed E-state index contributed by atoms with van der Waals surface area (Å²) in [5, 5.41) is 0.398. The molecule has 132 valence electrons. The summed E-state index contributed by atoms with van der Waals surface area (Å²) in [7, 11) is -3.85. The molecule has 0 aliphatic carbocycles. The maximum atomic E-state index is 12.6. The first-order valence-corrected chi connectivity index (χ1v) is 9.85. The Labute approximate surface area is 162 Å². The number of hydrogen-bond acceptors (Lipinski definition) is 3. The third-order valence-electron chi connectivity index (χ3n) is 3.46. The minimum absolute atomic E-state index is 0.0684. The number of pyridine rings is 1. The van der Waals surface area contributed by atoms with Crippen LogP contribution in [0.1, 0.15) is 11.3 Å². The molecule has 0 spiro atoms. The Bertz CT molecular complexity index is 1050. The van der Waals surface area contributed by atoms with Crippen LogP contribution in [0.5, 0.6) is 0 Å². The van der Waals surface area contributed by atoms with E-state index in [1.54, 1.807) is 24.4 Å². The van der Waals surface area contributed by atoms with Crippen molar-refractivity contribution in [2.45, 2.75) is 4.90 Å². The summed E-state index contributed by atoms with van der Waals surface area (Å²) in [5.74, 6) is 0. The van der Waals surface area contributed by atoms with E-state index in [1.165, 1.54) is 18.2 Å². The van der Waals surface area contributed by atoms with Gasteiger partial charge in [-0.15, -0.1) is 0 Å². The topological polar surface area (TPSA) is 59.1 Å². The molecule has 0 bridgehead atoms. The fourth-order valence-electron chi connectivity index (χ4n) is 2.26. The van der Waals surface area contributed by atoms with Gasteiger partial charge in [-0.2, -0.15) is 0 Å². The molecule has 4 nitrogen and oxygen atoms in total. The van der Waals surface area contributed by atoms with E-state index in [-0.39, 0.29) is 9.92 Å². The highest BCUT2D eigenvalue weighted by molar-refractivity contribution is 7.92. The van der Waals surface area contributed by atoms with Gasteiger partial charge in [0.15, 0.2) is 0 Å². The molecule has 1 heterocycles. The molecule has 0 aliphatic rings. The van der Waals surface area contributed by atoms with Gasteiger partial charge in [0.25, 0.3) is 10.0 Å². The zero-order valence-electron chi connectivity index (χ0n) is 13.4. The summed E-state index contributed by atoms with van der Waals surface area (Å²) in [4.78, 5) is 4.14. The molecule has 1 N–H and O–H groups in total. The monoisotopic (exact) mass is 404 g/mol. The molecule has 0 unspecified atom stereocenters. The van der Waals surface area contributed by atoms with E-state index in [4.69, 9.17) is 23.2 Å². The summed E-state index contributed by atoms with van der Waals surface area (Å²) in [6, 6.07) is 16.9. The minimum Gasteiger partial charge on any atom is -0.280 e. The van der Waals surface area contributed by atoms with Crippen LogP contribution < -0.4 is 4.72 Å². The quantitative estimate of drug-likeness (QED) is 0.622. The molecule has 1 aromatic heterocycles. The fraction of sp³-hybridized carbons (Fsp3) is 0. The predicted octanol–water partition coefficient (Wildman–Crippen LogP) is 5.36. The van der Waals surface area contributed by atoms with Crippen LogP contribution in [0, 0.1) is 0 Å². The maximum Gasteiger partial charge on any atom is 0.263 e. The number of anilines is 1. The second-order valence-electron chi connectivity index (χ2n) is 5.39. The molecule has 0 saturated carbocycles. The Kier molecular flexibility index (Phi) is 5.61. The molecule has 26 heavy (non-hydrogen) atoms. The van der Waals surface area contributed by atoms with Crippen molar-refractivity contribution >= 4 is 51.1 Å². The number of hydrogen-bond donors (Lipinski definition) is 1. The smallest absolute Gasteiger partial charge is 0.263 e. The van der Waals surface area contributed by atoms with Gasteiger partial charge in [-0.1, -0.05) is 47.5 Å². The summed E-state index contributed by atoms with van der Waals surface area (Å²) >= 11 is 11.9. The molecule has 3 rings (SSSR count). The predicted molar refractivity (Wildman–Crippen MR) is 107 cm³/mol. The van der Waals surface area contributed by atoms with Crippen molar-refractivity contribution in [3.8, 4) is 0 Å². The summed E-state index contributed by atoms with van der Waals surface area (Å²) in [6.07, 6.45) is 5.41. The van der Waals surface area contributed by atoms with E-state index in [0.717, 1.165) is 11.3 Å². The Morgan fingerprint density at radius 2 is 1.77 bits per heavy atom. The lowest BCUT2D eigenvalue weighted by molar-refractivity contribution is 0.601. The molecule has 0 fully saturated rings. The SMILES string of the molecule is O=S(=O)(Nc1cccc(/C=C/c2ccccn2)c1)c1cc(Cl)ccc1Cl. The van der Waals surface area contributed by atoms with Gasteiger partial charge >= 0.3 is 0 Å². The first-order valence-electron chi connectivity index (χ1n) is 7.61. The van der Waals surface area contributed by atoms with Gasteiger partial charge in [0, 0.05) is 16.9 Å². The molecule has 3 aromatic rings. The highest BCUT2D eigenvalue weighted by atomic mass is 35.5. The lowest BCUT2D eigenvalue weighted by Gasteiger charge is -2.10. The normalized spacial score (nSPS) is 11.6. The van der Waals surface area contributed by atoms with Crippen molar-refractivity contribution in [1.29, 1.82) is 0 Å². The van der Waals surface area contributed by atoms with Crippen molar-refractivity contribution in [2.24, 2.45) is 0 Å². The van der Waals surface area contributed by atoms with E-state index >= 15 is 0 Å². The third kappa shape index (κ3) is 4.64. The molecule has 7 heteroatoms. The van der Waals surface area contributed by atoms with E-state index in [2.05, 4.69) is 9.71 Å². The number of benzene rings is 2. The largest absolute Gasteiger partial charge is 0.280 e. The molecule has 0 saturated heterocycles. The molecular weight excluding hydrogens is 391 g/mol. The Hall–Kier alpha value is -2.34. The molecule has 0 atom stereocenters. The standard InChI is InChI=1S/C19H14Cl2N2O2S/c20-15-8-10-18(21)19(13-15)26(24,25)23-17-6-3-4-14(12-17)7-9-16-5-1-2-11-22-16/h1-13,23H/b9-7+.